The highest BCUT2D eigenvalue weighted by Crippen LogP contribution is 2.31. The van der Waals surface area contributed by atoms with Crippen LogP contribution in [0.3, 0.4) is 0 Å². The molecular weight excluding hydrogens is 334 g/mol. The van der Waals surface area contributed by atoms with Crippen LogP contribution >= 0.6 is 15.9 Å². The van der Waals surface area contributed by atoms with E-state index in [1.807, 2.05) is 18.2 Å². The summed E-state index contributed by atoms with van der Waals surface area (Å²) in [5, 5.41) is 0. The van der Waals surface area contributed by atoms with E-state index in [0.29, 0.717) is 5.69 Å². The SMILES string of the molecule is CN1CCN(C2CC(=O)N(c3ccccc3Br)C2=O)CC1. The summed E-state index contributed by atoms with van der Waals surface area (Å²) < 4.78 is 0.769. The molecular formula is C15H18BrN3O2. The van der Waals surface area contributed by atoms with Crippen molar-refractivity contribution in [3.8, 4) is 0 Å². The Morgan fingerprint density at radius 2 is 1.76 bits per heavy atom. The summed E-state index contributed by atoms with van der Waals surface area (Å²) >= 11 is 3.42. The third kappa shape index (κ3) is 2.75. The average Bonchev–Trinajstić information content (AvgIpc) is 2.76. The first-order valence-corrected chi connectivity index (χ1v) is 7.91. The standard InChI is InChI=1S/C15H18BrN3O2/c1-17-6-8-18(9-7-17)13-10-14(20)19(15(13)21)12-5-3-2-4-11(12)16/h2-5,13H,6-10H2,1H3. The van der Waals surface area contributed by atoms with Gasteiger partial charge in [-0.3, -0.25) is 14.5 Å². The second-order valence-corrected chi connectivity index (χ2v) is 6.43. The quantitative estimate of drug-likeness (QED) is 0.754. The molecule has 1 unspecified atom stereocenters. The fourth-order valence-corrected chi connectivity index (χ4v) is 3.38. The van der Waals surface area contributed by atoms with E-state index < -0.39 is 0 Å². The summed E-state index contributed by atoms with van der Waals surface area (Å²) in [6, 6.07) is 7.05. The molecule has 21 heavy (non-hydrogen) atoms. The van der Waals surface area contributed by atoms with Crippen LogP contribution < -0.4 is 4.90 Å². The number of nitrogens with zero attached hydrogens (tertiary/aromatic N) is 3. The highest BCUT2D eigenvalue weighted by molar-refractivity contribution is 9.10. The van der Waals surface area contributed by atoms with E-state index in [1.165, 1.54) is 4.90 Å². The van der Waals surface area contributed by atoms with Gasteiger partial charge in [0.25, 0.3) is 5.91 Å². The van der Waals surface area contributed by atoms with Gasteiger partial charge in [-0.1, -0.05) is 12.1 Å². The van der Waals surface area contributed by atoms with Gasteiger partial charge in [0.05, 0.1) is 18.2 Å². The van der Waals surface area contributed by atoms with Crippen molar-refractivity contribution < 1.29 is 9.59 Å². The predicted octanol–water partition coefficient (Wildman–Crippen LogP) is 1.33. The summed E-state index contributed by atoms with van der Waals surface area (Å²) in [4.78, 5) is 30.7. The molecule has 1 atom stereocenters. The van der Waals surface area contributed by atoms with Crippen LogP contribution in [-0.2, 0) is 9.59 Å². The van der Waals surface area contributed by atoms with Gasteiger partial charge in [0.2, 0.25) is 5.91 Å². The first-order valence-electron chi connectivity index (χ1n) is 7.12. The molecule has 1 aromatic rings. The number of halogens is 1. The number of carbonyl (C=O) groups is 2. The largest absolute Gasteiger partial charge is 0.304 e. The first kappa shape index (κ1) is 14.7. The lowest BCUT2D eigenvalue weighted by Gasteiger charge is -2.35. The summed E-state index contributed by atoms with van der Waals surface area (Å²) in [5.74, 6) is -0.215. The van der Waals surface area contributed by atoms with E-state index in [9.17, 15) is 9.59 Å². The normalized spacial score (nSPS) is 24.9. The molecule has 2 aliphatic heterocycles. The minimum absolute atomic E-state index is 0.101. The van der Waals surface area contributed by atoms with E-state index in [4.69, 9.17) is 0 Å². The van der Waals surface area contributed by atoms with Crippen LogP contribution in [0.1, 0.15) is 6.42 Å². The maximum Gasteiger partial charge on any atom is 0.251 e. The van der Waals surface area contributed by atoms with Crippen molar-refractivity contribution >= 4 is 33.4 Å². The minimum atomic E-state index is -0.307. The number of rotatable bonds is 2. The lowest BCUT2D eigenvalue weighted by molar-refractivity contribution is -0.123. The molecule has 6 heteroatoms. The number of piperazine rings is 1. The molecule has 2 heterocycles. The van der Waals surface area contributed by atoms with E-state index in [2.05, 4.69) is 32.8 Å². The van der Waals surface area contributed by atoms with Gasteiger partial charge in [0, 0.05) is 30.7 Å². The Hall–Kier alpha value is -1.24. The molecule has 0 saturated carbocycles. The van der Waals surface area contributed by atoms with Crippen molar-refractivity contribution in [3.63, 3.8) is 0 Å². The number of carbonyl (C=O) groups excluding carboxylic acids is 2. The molecule has 2 fully saturated rings. The summed E-state index contributed by atoms with van der Waals surface area (Å²) in [5.41, 5.74) is 0.643. The lowest BCUT2D eigenvalue weighted by Crippen LogP contribution is -2.51. The molecule has 5 nitrogen and oxygen atoms in total. The van der Waals surface area contributed by atoms with Crippen LogP contribution in [0.15, 0.2) is 28.7 Å². The maximum absolute atomic E-state index is 12.7. The van der Waals surface area contributed by atoms with Crippen molar-refractivity contribution in [2.24, 2.45) is 0 Å². The second kappa shape index (κ2) is 5.87. The molecule has 0 bridgehead atoms. The van der Waals surface area contributed by atoms with Crippen molar-refractivity contribution in [2.45, 2.75) is 12.5 Å². The molecule has 0 spiro atoms. The zero-order valence-corrected chi connectivity index (χ0v) is 13.5. The number of benzene rings is 1. The van der Waals surface area contributed by atoms with E-state index >= 15 is 0 Å². The fourth-order valence-electron chi connectivity index (χ4n) is 2.92. The van der Waals surface area contributed by atoms with Gasteiger partial charge in [-0.2, -0.15) is 0 Å². The number of amides is 2. The molecule has 3 rings (SSSR count). The van der Waals surface area contributed by atoms with Crippen LogP contribution in [0, 0.1) is 0 Å². The minimum Gasteiger partial charge on any atom is -0.304 e. The molecule has 1 aromatic carbocycles. The summed E-state index contributed by atoms with van der Waals surface area (Å²) in [7, 11) is 2.08. The highest BCUT2D eigenvalue weighted by Gasteiger charge is 2.43. The number of likely N-dealkylation sites (N-methyl/N-ethyl adjacent to an activating group) is 1. The maximum atomic E-state index is 12.7. The molecule has 2 saturated heterocycles. The molecule has 0 N–H and O–H groups in total. The van der Waals surface area contributed by atoms with Gasteiger partial charge < -0.3 is 4.90 Å². The van der Waals surface area contributed by atoms with Crippen LogP contribution in [0.2, 0.25) is 0 Å². The van der Waals surface area contributed by atoms with Crippen molar-refractivity contribution in [1.82, 2.24) is 9.80 Å². The number of imide groups is 1. The molecule has 2 amide bonds. The topological polar surface area (TPSA) is 43.9 Å². The molecule has 2 aliphatic rings. The average molecular weight is 352 g/mol. The predicted molar refractivity (Wildman–Crippen MR) is 84.1 cm³/mol. The van der Waals surface area contributed by atoms with Crippen molar-refractivity contribution in [3.05, 3.63) is 28.7 Å². The molecule has 0 aromatic heterocycles. The van der Waals surface area contributed by atoms with Gasteiger partial charge in [0.15, 0.2) is 0 Å². The van der Waals surface area contributed by atoms with E-state index in [1.54, 1.807) is 6.07 Å². The third-order valence-corrected chi connectivity index (χ3v) is 4.87. The number of hydrogen-bond donors (Lipinski definition) is 0. The Morgan fingerprint density at radius 1 is 1.10 bits per heavy atom. The zero-order chi connectivity index (χ0) is 15.0. The highest BCUT2D eigenvalue weighted by atomic mass is 79.9. The Labute approximate surface area is 132 Å². The Bertz CT molecular complexity index is 570. The van der Waals surface area contributed by atoms with Gasteiger partial charge >= 0.3 is 0 Å². The second-order valence-electron chi connectivity index (χ2n) is 5.58. The lowest BCUT2D eigenvalue weighted by atomic mass is 10.2. The van der Waals surface area contributed by atoms with Gasteiger partial charge in [0.1, 0.15) is 0 Å². The molecule has 0 aliphatic carbocycles. The summed E-state index contributed by atoms with van der Waals surface area (Å²) in [6.07, 6.45) is 0.282. The van der Waals surface area contributed by atoms with Crippen molar-refractivity contribution in [2.75, 3.05) is 38.1 Å². The fraction of sp³-hybridized carbons (Fsp3) is 0.467. The first-order chi connectivity index (χ1) is 10.1. The van der Waals surface area contributed by atoms with Crippen molar-refractivity contribution in [1.29, 1.82) is 0 Å². The van der Waals surface area contributed by atoms with E-state index in [-0.39, 0.29) is 24.3 Å². The van der Waals surface area contributed by atoms with Crippen LogP contribution in [-0.4, -0.2) is 60.9 Å². The number of anilines is 1. The number of hydrogen-bond acceptors (Lipinski definition) is 4. The third-order valence-electron chi connectivity index (χ3n) is 4.19. The van der Waals surface area contributed by atoms with E-state index in [0.717, 1.165) is 30.7 Å². The van der Waals surface area contributed by atoms with Gasteiger partial charge in [-0.05, 0) is 35.1 Å². The molecule has 112 valence electrons. The van der Waals surface area contributed by atoms with Gasteiger partial charge in [-0.15, -0.1) is 0 Å². The van der Waals surface area contributed by atoms with Crippen LogP contribution in [0.25, 0.3) is 0 Å². The zero-order valence-electron chi connectivity index (χ0n) is 12.0. The Morgan fingerprint density at radius 3 is 2.43 bits per heavy atom. The van der Waals surface area contributed by atoms with Gasteiger partial charge in [-0.25, -0.2) is 4.90 Å². The summed E-state index contributed by atoms with van der Waals surface area (Å²) in [6.45, 7) is 3.55. The van der Waals surface area contributed by atoms with Crippen LogP contribution in [0.5, 0.6) is 0 Å². The monoisotopic (exact) mass is 351 g/mol. The Balaban J connectivity index is 1.81. The van der Waals surface area contributed by atoms with Crippen LogP contribution in [0.4, 0.5) is 5.69 Å². The number of para-hydroxylation sites is 1. The molecule has 0 radical (unpaired) electrons. The smallest absolute Gasteiger partial charge is 0.251 e. The Kier molecular flexibility index (Phi) is 4.10.